The average Bonchev–Trinajstić information content (AvgIpc) is 3.12. The lowest BCUT2D eigenvalue weighted by molar-refractivity contribution is -0.147. The van der Waals surface area contributed by atoms with Gasteiger partial charge in [-0.15, -0.1) is 5.10 Å². The molecule has 1 N–H and O–H groups in total. The highest BCUT2D eigenvalue weighted by atomic mass is 35.5. The summed E-state index contributed by atoms with van der Waals surface area (Å²) in [6, 6.07) is 3.08. The zero-order valence-corrected chi connectivity index (χ0v) is 15.4. The largest absolute Gasteiger partial charge is 0.493 e. The third kappa shape index (κ3) is 4.05. The van der Waals surface area contributed by atoms with Crippen molar-refractivity contribution >= 4 is 23.5 Å². The predicted molar refractivity (Wildman–Crippen MR) is 91.4 cm³/mol. The van der Waals surface area contributed by atoms with E-state index in [-0.39, 0.29) is 34.5 Å². The zero-order chi connectivity index (χ0) is 19.3. The number of nitrogens with one attached hydrogen (secondary N) is 1. The van der Waals surface area contributed by atoms with Gasteiger partial charge >= 0.3 is 11.9 Å². The highest BCUT2D eigenvalue weighted by molar-refractivity contribution is 6.32. The number of hydrogen-bond acceptors (Lipinski definition) is 8. The Kier molecular flexibility index (Phi) is 6.40. The highest BCUT2D eigenvalue weighted by Crippen LogP contribution is 2.40. The van der Waals surface area contributed by atoms with Crippen molar-refractivity contribution in [3.8, 4) is 22.8 Å². The van der Waals surface area contributed by atoms with Crippen LogP contribution in [-0.2, 0) is 14.3 Å². The smallest absolute Gasteiger partial charge is 0.361 e. The number of hydrogen-bond donors (Lipinski definition) is 1. The minimum absolute atomic E-state index is 0.0153. The van der Waals surface area contributed by atoms with Gasteiger partial charge in [-0.2, -0.15) is 10.3 Å². The van der Waals surface area contributed by atoms with Gasteiger partial charge in [-0.05, 0) is 26.0 Å². The Morgan fingerprint density at radius 1 is 1.27 bits per heavy atom. The van der Waals surface area contributed by atoms with Crippen LogP contribution in [0, 0.1) is 0 Å². The standard InChI is InChI=1S/C16H18ClN3O6/c1-5-25-16(22)13-12(18-20-19-13)9-6-10(17)14(11(7-9)23-3)26-8(2)15(21)24-4/h6-8H,5H2,1-4H3,(H,18,19,20). The van der Waals surface area contributed by atoms with E-state index in [1.165, 1.54) is 27.2 Å². The maximum Gasteiger partial charge on any atom is 0.361 e. The van der Waals surface area contributed by atoms with E-state index in [1.807, 2.05) is 0 Å². The Morgan fingerprint density at radius 2 is 2.00 bits per heavy atom. The van der Waals surface area contributed by atoms with Gasteiger partial charge in [0, 0.05) is 5.56 Å². The fraction of sp³-hybridized carbons (Fsp3) is 0.375. The second kappa shape index (κ2) is 8.52. The van der Waals surface area contributed by atoms with E-state index in [0.717, 1.165) is 0 Å². The van der Waals surface area contributed by atoms with Crippen LogP contribution in [0.15, 0.2) is 12.1 Å². The molecule has 0 fully saturated rings. The quantitative estimate of drug-likeness (QED) is 0.724. The molecule has 10 heteroatoms. The molecular formula is C16H18ClN3O6. The molecule has 2 rings (SSSR count). The number of carbonyl (C=O) groups is 2. The predicted octanol–water partition coefficient (Wildman–Crippen LogP) is 2.25. The molecule has 1 atom stereocenters. The summed E-state index contributed by atoms with van der Waals surface area (Å²) in [6.45, 7) is 3.41. The third-order valence-corrected chi connectivity index (χ3v) is 3.63. The number of ether oxygens (including phenoxy) is 4. The van der Waals surface area contributed by atoms with Crippen LogP contribution in [0.25, 0.3) is 11.3 Å². The van der Waals surface area contributed by atoms with E-state index in [4.69, 9.17) is 25.8 Å². The lowest BCUT2D eigenvalue weighted by Crippen LogP contribution is -2.25. The first-order chi connectivity index (χ1) is 12.4. The summed E-state index contributed by atoms with van der Waals surface area (Å²) in [5, 5.41) is 10.3. The molecule has 0 radical (unpaired) electrons. The number of halogens is 1. The molecule has 0 aliphatic carbocycles. The number of rotatable bonds is 7. The van der Waals surface area contributed by atoms with Crippen LogP contribution >= 0.6 is 11.6 Å². The number of nitrogens with zero attached hydrogens (tertiary/aromatic N) is 2. The molecule has 9 nitrogen and oxygen atoms in total. The van der Waals surface area contributed by atoms with Crippen molar-refractivity contribution < 1.29 is 28.5 Å². The molecule has 1 heterocycles. The molecule has 140 valence electrons. The fourth-order valence-electron chi connectivity index (χ4n) is 2.14. The first kappa shape index (κ1) is 19.5. The summed E-state index contributed by atoms with van der Waals surface area (Å²) >= 11 is 6.28. The van der Waals surface area contributed by atoms with E-state index in [1.54, 1.807) is 13.0 Å². The highest BCUT2D eigenvalue weighted by Gasteiger charge is 2.24. The Bertz CT molecular complexity index is 807. The van der Waals surface area contributed by atoms with Gasteiger partial charge in [0.15, 0.2) is 23.3 Å². The van der Waals surface area contributed by atoms with Gasteiger partial charge < -0.3 is 18.9 Å². The number of methoxy groups -OCH3 is 2. The molecule has 26 heavy (non-hydrogen) atoms. The van der Waals surface area contributed by atoms with Gasteiger partial charge in [0.2, 0.25) is 0 Å². The molecule has 0 amide bonds. The van der Waals surface area contributed by atoms with Gasteiger partial charge in [-0.1, -0.05) is 11.6 Å². The summed E-state index contributed by atoms with van der Waals surface area (Å²) < 4.78 is 20.4. The molecule has 0 aliphatic rings. The molecule has 1 unspecified atom stereocenters. The second-order valence-electron chi connectivity index (χ2n) is 5.01. The first-order valence-corrected chi connectivity index (χ1v) is 8.00. The lowest BCUT2D eigenvalue weighted by Gasteiger charge is -2.17. The van der Waals surface area contributed by atoms with E-state index in [2.05, 4.69) is 20.1 Å². The third-order valence-electron chi connectivity index (χ3n) is 3.35. The van der Waals surface area contributed by atoms with Crippen molar-refractivity contribution in [3.63, 3.8) is 0 Å². The van der Waals surface area contributed by atoms with Gasteiger partial charge in [-0.25, -0.2) is 9.59 Å². The van der Waals surface area contributed by atoms with Gasteiger partial charge in [0.1, 0.15) is 5.69 Å². The SMILES string of the molecule is CCOC(=O)c1n[nH]nc1-c1cc(Cl)c(OC(C)C(=O)OC)c(OC)c1. The number of benzene rings is 1. The normalized spacial score (nSPS) is 11.6. The van der Waals surface area contributed by atoms with Crippen LogP contribution in [0.3, 0.4) is 0 Å². The minimum atomic E-state index is -0.889. The number of H-pyrrole nitrogens is 1. The van der Waals surface area contributed by atoms with E-state index in [9.17, 15) is 9.59 Å². The fourth-order valence-corrected chi connectivity index (χ4v) is 2.39. The Labute approximate surface area is 154 Å². The summed E-state index contributed by atoms with van der Waals surface area (Å²) in [5.74, 6) is -0.766. The van der Waals surface area contributed by atoms with Gasteiger partial charge in [0.05, 0.1) is 25.8 Å². The summed E-state index contributed by atoms with van der Waals surface area (Å²) in [4.78, 5) is 23.5. The van der Waals surface area contributed by atoms with Crippen molar-refractivity contribution in [2.24, 2.45) is 0 Å². The molecule has 0 saturated carbocycles. The zero-order valence-electron chi connectivity index (χ0n) is 14.7. The molecular weight excluding hydrogens is 366 g/mol. The molecule has 0 bridgehead atoms. The Morgan fingerprint density at radius 3 is 2.62 bits per heavy atom. The second-order valence-corrected chi connectivity index (χ2v) is 5.42. The molecule has 1 aromatic heterocycles. The number of aromatic nitrogens is 3. The first-order valence-electron chi connectivity index (χ1n) is 7.63. The summed E-state index contributed by atoms with van der Waals surface area (Å²) in [6.07, 6.45) is -0.889. The molecule has 1 aromatic carbocycles. The van der Waals surface area contributed by atoms with E-state index in [0.29, 0.717) is 5.56 Å². The lowest BCUT2D eigenvalue weighted by atomic mass is 10.1. The van der Waals surface area contributed by atoms with E-state index < -0.39 is 18.0 Å². The van der Waals surface area contributed by atoms with Gasteiger partial charge in [0.25, 0.3) is 0 Å². The van der Waals surface area contributed by atoms with Crippen molar-refractivity contribution in [2.45, 2.75) is 20.0 Å². The van der Waals surface area contributed by atoms with Gasteiger partial charge in [-0.3, -0.25) is 0 Å². The van der Waals surface area contributed by atoms with E-state index >= 15 is 0 Å². The molecule has 2 aromatic rings. The van der Waals surface area contributed by atoms with Crippen LogP contribution in [0.4, 0.5) is 0 Å². The number of aromatic amines is 1. The monoisotopic (exact) mass is 383 g/mol. The topological polar surface area (TPSA) is 113 Å². The van der Waals surface area contributed by atoms with Crippen LogP contribution < -0.4 is 9.47 Å². The van der Waals surface area contributed by atoms with Crippen molar-refractivity contribution in [3.05, 3.63) is 22.8 Å². The van der Waals surface area contributed by atoms with Crippen molar-refractivity contribution in [1.82, 2.24) is 15.4 Å². The number of carbonyl (C=O) groups excluding carboxylic acids is 2. The van der Waals surface area contributed by atoms with Crippen molar-refractivity contribution in [2.75, 3.05) is 20.8 Å². The van der Waals surface area contributed by atoms with Crippen LogP contribution in [-0.4, -0.2) is 54.3 Å². The van der Waals surface area contributed by atoms with Crippen LogP contribution in [0.5, 0.6) is 11.5 Å². The Balaban J connectivity index is 2.42. The van der Waals surface area contributed by atoms with Crippen molar-refractivity contribution in [1.29, 1.82) is 0 Å². The molecule has 0 saturated heterocycles. The molecule has 0 spiro atoms. The maximum absolute atomic E-state index is 12.0. The minimum Gasteiger partial charge on any atom is -0.493 e. The summed E-state index contributed by atoms with van der Waals surface area (Å²) in [5.41, 5.74) is 0.722. The van der Waals surface area contributed by atoms with Crippen LogP contribution in [0.1, 0.15) is 24.3 Å². The van der Waals surface area contributed by atoms with Crippen LogP contribution in [0.2, 0.25) is 5.02 Å². The summed E-state index contributed by atoms with van der Waals surface area (Å²) in [7, 11) is 2.67. The number of esters is 2. The Hall–Kier alpha value is -2.81. The average molecular weight is 384 g/mol. The molecule has 0 aliphatic heterocycles. The maximum atomic E-state index is 12.0.